The number of ether oxygens (including phenoxy) is 1. The van der Waals surface area contributed by atoms with Crippen LogP contribution in [-0.4, -0.2) is 39.9 Å². The first-order valence-electron chi connectivity index (χ1n) is 9.24. The van der Waals surface area contributed by atoms with E-state index in [1.54, 1.807) is 20.9 Å². The highest BCUT2D eigenvalue weighted by Gasteiger charge is 2.28. The molecule has 0 bridgehead atoms. The minimum Gasteiger partial charge on any atom is -0.376 e. The lowest BCUT2D eigenvalue weighted by Gasteiger charge is -2.22. The summed E-state index contributed by atoms with van der Waals surface area (Å²) >= 11 is 1.55. The van der Waals surface area contributed by atoms with Gasteiger partial charge in [0.05, 0.1) is 22.9 Å². The smallest absolute Gasteiger partial charge is 0.280 e. The Morgan fingerprint density at radius 2 is 2.15 bits per heavy atom. The van der Waals surface area contributed by atoms with Crippen molar-refractivity contribution >= 4 is 32.6 Å². The van der Waals surface area contributed by atoms with Crippen LogP contribution in [0, 0.1) is 20.8 Å². The second-order valence-electron chi connectivity index (χ2n) is 7.27. The minimum absolute atomic E-state index is 0.0496. The molecule has 0 saturated carbocycles. The van der Waals surface area contributed by atoms with Gasteiger partial charge in [-0.3, -0.25) is 14.4 Å². The number of thiazole rings is 1. The Bertz CT molecular complexity index is 981. The fraction of sp³-hybridized carbons (Fsp3) is 0.450. The number of aryl methyl sites for hydroxylation is 4. The maximum absolute atomic E-state index is 13.3. The Labute approximate surface area is 162 Å². The molecule has 1 unspecified atom stereocenters. The van der Waals surface area contributed by atoms with Crippen LogP contribution in [0.1, 0.15) is 40.2 Å². The fourth-order valence-electron chi connectivity index (χ4n) is 3.52. The van der Waals surface area contributed by atoms with E-state index < -0.39 is 0 Å². The number of amides is 1. The lowest BCUT2D eigenvalue weighted by molar-refractivity contribution is 0.0913. The molecule has 1 fully saturated rings. The summed E-state index contributed by atoms with van der Waals surface area (Å²) in [6.45, 7) is 7.35. The normalized spacial score (nSPS) is 17.0. The Kier molecular flexibility index (Phi) is 4.74. The van der Waals surface area contributed by atoms with Crippen LogP contribution in [0.5, 0.6) is 0 Å². The maximum atomic E-state index is 13.3. The molecule has 0 spiro atoms. The Morgan fingerprint density at radius 3 is 2.81 bits per heavy atom. The predicted octanol–water partition coefficient (Wildman–Crippen LogP) is 3.78. The van der Waals surface area contributed by atoms with Crippen molar-refractivity contribution in [3.05, 3.63) is 40.7 Å². The van der Waals surface area contributed by atoms with Gasteiger partial charge in [0, 0.05) is 19.3 Å². The zero-order valence-corrected chi connectivity index (χ0v) is 17.0. The molecule has 1 aliphatic heterocycles. The molecule has 1 atom stereocenters. The van der Waals surface area contributed by atoms with E-state index in [2.05, 4.69) is 31.1 Å². The Hall–Kier alpha value is -2.25. The SMILES string of the molecule is Cc1cc(C)c2nc(N(CC3CCCO3)C(=O)c3cc(C)n(C)n3)sc2c1. The molecule has 3 heterocycles. The quantitative estimate of drug-likeness (QED) is 0.687. The van der Waals surface area contributed by atoms with E-state index in [4.69, 9.17) is 9.72 Å². The van der Waals surface area contributed by atoms with Gasteiger partial charge >= 0.3 is 0 Å². The molecule has 4 rings (SSSR count). The van der Waals surface area contributed by atoms with Crippen molar-refractivity contribution in [2.45, 2.75) is 39.7 Å². The molecule has 27 heavy (non-hydrogen) atoms. The molecule has 1 aliphatic rings. The van der Waals surface area contributed by atoms with E-state index in [9.17, 15) is 4.79 Å². The molecule has 3 aromatic rings. The van der Waals surface area contributed by atoms with Gasteiger partial charge in [0.2, 0.25) is 0 Å². The lowest BCUT2D eigenvalue weighted by atomic mass is 10.1. The van der Waals surface area contributed by atoms with Gasteiger partial charge in [-0.05, 0) is 56.9 Å². The molecule has 1 aromatic carbocycles. The summed E-state index contributed by atoms with van der Waals surface area (Å²) < 4.78 is 8.62. The van der Waals surface area contributed by atoms with Gasteiger partial charge in [-0.15, -0.1) is 0 Å². The van der Waals surface area contributed by atoms with Crippen molar-refractivity contribution in [1.82, 2.24) is 14.8 Å². The monoisotopic (exact) mass is 384 g/mol. The van der Waals surface area contributed by atoms with Crippen molar-refractivity contribution < 1.29 is 9.53 Å². The number of anilines is 1. The Balaban J connectivity index is 1.75. The summed E-state index contributed by atoms with van der Waals surface area (Å²) in [4.78, 5) is 19.8. The second kappa shape index (κ2) is 7.05. The molecule has 2 aromatic heterocycles. The summed E-state index contributed by atoms with van der Waals surface area (Å²) in [5, 5.41) is 5.09. The number of nitrogens with zero attached hydrogens (tertiary/aromatic N) is 4. The van der Waals surface area contributed by atoms with Gasteiger partial charge in [0.25, 0.3) is 5.91 Å². The number of carbonyl (C=O) groups is 1. The zero-order chi connectivity index (χ0) is 19.1. The van der Waals surface area contributed by atoms with E-state index in [0.29, 0.717) is 17.4 Å². The third-order valence-corrected chi connectivity index (χ3v) is 6.06. The molecule has 0 N–H and O–H groups in total. The first-order valence-corrected chi connectivity index (χ1v) is 10.1. The number of rotatable bonds is 4. The highest BCUT2D eigenvalue weighted by molar-refractivity contribution is 7.22. The fourth-order valence-corrected chi connectivity index (χ4v) is 4.67. The summed E-state index contributed by atoms with van der Waals surface area (Å²) in [7, 11) is 1.85. The van der Waals surface area contributed by atoms with Crippen molar-refractivity contribution in [1.29, 1.82) is 0 Å². The van der Waals surface area contributed by atoms with E-state index in [1.165, 1.54) is 5.56 Å². The van der Waals surface area contributed by atoms with E-state index >= 15 is 0 Å². The standard InChI is InChI=1S/C20H24N4O2S/c1-12-8-13(2)18-17(9-12)27-20(21-18)24(11-15-6-5-7-26-15)19(25)16-10-14(3)23(4)22-16/h8-10,15H,5-7,11H2,1-4H3. The van der Waals surface area contributed by atoms with Crippen molar-refractivity contribution in [3.8, 4) is 0 Å². The maximum Gasteiger partial charge on any atom is 0.280 e. The Morgan fingerprint density at radius 1 is 1.33 bits per heavy atom. The summed E-state index contributed by atoms with van der Waals surface area (Å²) in [5.74, 6) is -0.123. The molecule has 0 aliphatic carbocycles. The topological polar surface area (TPSA) is 60.3 Å². The van der Waals surface area contributed by atoms with Gasteiger partial charge in [0.15, 0.2) is 10.8 Å². The van der Waals surface area contributed by atoms with Crippen LogP contribution in [0.2, 0.25) is 0 Å². The number of fused-ring (bicyclic) bond motifs is 1. The van der Waals surface area contributed by atoms with Crippen LogP contribution >= 0.6 is 11.3 Å². The molecule has 1 amide bonds. The van der Waals surface area contributed by atoms with Crippen molar-refractivity contribution in [2.24, 2.45) is 7.05 Å². The second-order valence-corrected chi connectivity index (χ2v) is 8.28. The van der Waals surface area contributed by atoms with Gasteiger partial charge in [0.1, 0.15) is 0 Å². The van der Waals surface area contributed by atoms with Crippen LogP contribution in [-0.2, 0) is 11.8 Å². The molecule has 7 heteroatoms. The molecule has 142 valence electrons. The van der Waals surface area contributed by atoms with Gasteiger partial charge in [-0.2, -0.15) is 5.10 Å². The molecule has 6 nitrogen and oxygen atoms in total. The third kappa shape index (κ3) is 3.49. The van der Waals surface area contributed by atoms with Crippen LogP contribution in [0.15, 0.2) is 18.2 Å². The van der Waals surface area contributed by atoms with Gasteiger partial charge in [-0.1, -0.05) is 17.4 Å². The van der Waals surface area contributed by atoms with E-state index in [0.717, 1.165) is 40.9 Å². The highest BCUT2D eigenvalue weighted by Crippen LogP contribution is 2.33. The number of carbonyl (C=O) groups excluding carboxylic acids is 1. The van der Waals surface area contributed by atoms with Crippen molar-refractivity contribution in [3.63, 3.8) is 0 Å². The van der Waals surface area contributed by atoms with Gasteiger partial charge < -0.3 is 4.74 Å². The number of benzene rings is 1. The summed E-state index contributed by atoms with van der Waals surface area (Å²) in [6, 6.07) is 6.08. The lowest BCUT2D eigenvalue weighted by Crippen LogP contribution is -2.37. The molecule has 0 radical (unpaired) electrons. The highest BCUT2D eigenvalue weighted by atomic mass is 32.1. The zero-order valence-electron chi connectivity index (χ0n) is 16.2. The first-order chi connectivity index (χ1) is 12.9. The van der Waals surface area contributed by atoms with Crippen LogP contribution < -0.4 is 4.90 Å². The van der Waals surface area contributed by atoms with Crippen molar-refractivity contribution in [2.75, 3.05) is 18.1 Å². The van der Waals surface area contributed by atoms with Crippen LogP contribution in [0.3, 0.4) is 0 Å². The number of hydrogen-bond donors (Lipinski definition) is 0. The number of aromatic nitrogens is 3. The van der Waals surface area contributed by atoms with Gasteiger partial charge in [-0.25, -0.2) is 4.98 Å². The third-order valence-electron chi connectivity index (χ3n) is 5.04. The molecular weight excluding hydrogens is 360 g/mol. The summed E-state index contributed by atoms with van der Waals surface area (Å²) in [6.07, 6.45) is 2.05. The number of hydrogen-bond acceptors (Lipinski definition) is 5. The molecular formula is C20H24N4O2S. The summed E-state index contributed by atoms with van der Waals surface area (Å²) in [5.41, 5.74) is 4.69. The van der Waals surface area contributed by atoms with Crippen LogP contribution in [0.25, 0.3) is 10.2 Å². The average Bonchev–Trinajstić information content (AvgIpc) is 3.33. The van der Waals surface area contributed by atoms with E-state index in [1.807, 2.05) is 20.0 Å². The average molecular weight is 385 g/mol. The van der Waals surface area contributed by atoms with E-state index in [-0.39, 0.29) is 12.0 Å². The van der Waals surface area contributed by atoms with Crippen LogP contribution in [0.4, 0.5) is 5.13 Å². The predicted molar refractivity (Wildman–Crippen MR) is 108 cm³/mol. The minimum atomic E-state index is -0.123. The molecule has 1 saturated heterocycles. The largest absolute Gasteiger partial charge is 0.376 e. The first kappa shape index (κ1) is 18.1.